The van der Waals surface area contributed by atoms with Gasteiger partial charge in [0.25, 0.3) is 0 Å². The van der Waals surface area contributed by atoms with Crippen molar-refractivity contribution in [2.75, 3.05) is 7.11 Å². The van der Waals surface area contributed by atoms with Crippen molar-refractivity contribution >= 4 is 11.9 Å². The lowest BCUT2D eigenvalue weighted by molar-refractivity contribution is -0.138. The van der Waals surface area contributed by atoms with Crippen LogP contribution < -0.4 is 5.73 Å². The summed E-state index contributed by atoms with van der Waals surface area (Å²) in [6.45, 7) is 1.78. The third-order valence-corrected chi connectivity index (χ3v) is 1.90. The molecule has 0 aliphatic rings. The van der Waals surface area contributed by atoms with Crippen LogP contribution >= 0.6 is 0 Å². The fourth-order valence-corrected chi connectivity index (χ4v) is 0.906. The fraction of sp³-hybridized carbons (Fsp3) is 0.818. The van der Waals surface area contributed by atoms with Gasteiger partial charge in [0, 0.05) is 20.0 Å². The number of rotatable bonds is 8. The molecule has 4 N–H and O–H groups in total. The number of unbranched alkanes of at least 4 members (excludes halogenated alkanes) is 3. The highest BCUT2D eigenvalue weighted by Gasteiger charge is 1.98. The molecule has 0 radical (unpaired) electrons. The van der Waals surface area contributed by atoms with E-state index in [4.69, 9.17) is 15.9 Å². The smallest absolute Gasteiger partial charge is 0.303 e. The SMILES string of the molecule is COC(C)N.O=C(O)CCCCCCC(=O)O. The Hall–Kier alpha value is -1.14. The third kappa shape index (κ3) is 25.3. The summed E-state index contributed by atoms with van der Waals surface area (Å²) in [7, 11) is 1.57. The molecule has 0 bridgehead atoms. The van der Waals surface area contributed by atoms with Crippen LogP contribution in [0.25, 0.3) is 0 Å². The van der Waals surface area contributed by atoms with Gasteiger partial charge >= 0.3 is 11.9 Å². The molecule has 0 saturated carbocycles. The number of carboxylic acid groups (broad SMARTS) is 2. The first-order valence-electron chi connectivity index (χ1n) is 5.62. The number of carbonyl (C=O) groups is 2. The minimum atomic E-state index is -0.784. The van der Waals surface area contributed by atoms with Gasteiger partial charge in [0.15, 0.2) is 0 Å². The molecule has 102 valence electrons. The van der Waals surface area contributed by atoms with Gasteiger partial charge in [0.05, 0.1) is 0 Å². The van der Waals surface area contributed by atoms with E-state index in [0.29, 0.717) is 12.8 Å². The van der Waals surface area contributed by atoms with Crippen LogP contribution in [0.4, 0.5) is 0 Å². The van der Waals surface area contributed by atoms with Crippen LogP contribution in [0.2, 0.25) is 0 Å². The summed E-state index contributed by atoms with van der Waals surface area (Å²) in [5, 5.41) is 16.5. The zero-order valence-electron chi connectivity index (χ0n) is 10.5. The van der Waals surface area contributed by atoms with Crippen molar-refractivity contribution in [3.05, 3.63) is 0 Å². The van der Waals surface area contributed by atoms with Crippen LogP contribution in [0.15, 0.2) is 0 Å². The summed E-state index contributed by atoms with van der Waals surface area (Å²) in [4.78, 5) is 20.1. The number of hydrogen-bond acceptors (Lipinski definition) is 4. The van der Waals surface area contributed by atoms with Gasteiger partial charge in [-0.1, -0.05) is 12.8 Å². The molecule has 0 aliphatic carbocycles. The minimum Gasteiger partial charge on any atom is -0.481 e. The first kappa shape index (κ1) is 18.2. The van der Waals surface area contributed by atoms with Crippen LogP contribution in [0.5, 0.6) is 0 Å². The molecule has 0 spiro atoms. The van der Waals surface area contributed by atoms with Crippen molar-refractivity contribution in [3.63, 3.8) is 0 Å². The summed E-state index contributed by atoms with van der Waals surface area (Å²) in [5.41, 5.74) is 5.07. The molecule has 1 unspecified atom stereocenters. The van der Waals surface area contributed by atoms with E-state index in [1.807, 2.05) is 0 Å². The number of aliphatic carboxylic acids is 2. The van der Waals surface area contributed by atoms with E-state index < -0.39 is 11.9 Å². The summed E-state index contributed by atoms with van der Waals surface area (Å²) >= 11 is 0. The topological polar surface area (TPSA) is 110 Å². The average Bonchev–Trinajstić information content (AvgIpc) is 2.23. The van der Waals surface area contributed by atoms with Crippen LogP contribution in [0.1, 0.15) is 45.4 Å². The molecule has 0 saturated heterocycles. The molecule has 0 aromatic rings. The fourth-order valence-electron chi connectivity index (χ4n) is 0.906. The standard InChI is InChI=1S/C8H14O4.C3H9NO/c9-7(10)5-3-1-2-4-6-8(11)12;1-3(4)5-2/h1-6H2,(H,9,10)(H,11,12);3H,4H2,1-2H3. The molecule has 0 aromatic heterocycles. The molecule has 1 atom stereocenters. The lowest BCUT2D eigenvalue weighted by Crippen LogP contribution is -2.15. The minimum absolute atomic E-state index is 0.116. The van der Waals surface area contributed by atoms with Gasteiger partial charge in [-0.2, -0.15) is 0 Å². The normalized spacial score (nSPS) is 11.2. The van der Waals surface area contributed by atoms with Gasteiger partial charge in [-0.05, 0) is 19.8 Å². The number of nitrogens with two attached hydrogens (primary N) is 1. The van der Waals surface area contributed by atoms with E-state index in [1.165, 1.54) is 0 Å². The Morgan fingerprint density at radius 3 is 1.53 bits per heavy atom. The Kier molecular flexibility index (Phi) is 13.9. The van der Waals surface area contributed by atoms with Crippen molar-refractivity contribution in [1.82, 2.24) is 0 Å². The second-order valence-electron chi connectivity index (χ2n) is 3.64. The Morgan fingerprint density at radius 2 is 1.35 bits per heavy atom. The lowest BCUT2D eigenvalue weighted by atomic mass is 10.1. The highest BCUT2D eigenvalue weighted by atomic mass is 16.5. The van der Waals surface area contributed by atoms with Crippen molar-refractivity contribution in [2.45, 2.75) is 51.7 Å². The molecule has 0 rings (SSSR count). The van der Waals surface area contributed by atoms with E-state index in [0.717, 1.165) is 12.8 Å². The van der Waals surface area contributed by atoms with Gasteiger partial charge in [0.1, 0.15) is 6.23 Å². The van der Waals surface area contributed by atoms with Gasteiger partial charge in [-0.25, -0.2) is 0 Å². The van der Waals surface area contributed by atoms with Gasteiger partial charge < -0.3 is 20.7 Å². The van der Waals surface area contributed by atoms with E-state index >= 15 is 0 Å². The maximum Gasteiger partial charge on any atom is 0.303 e. The number of ether oxygens (including phenoxy) is 1. The lowest BCUT2D eigenvalue weighted by Gasteiger charge is -1.96. The molecular weight excluding hydrogens is 226 g/mol. The van der Waals surface area contributed by atoms with Crippen LogP contribution in [-0.4, -0.2) is 35.5 Å². The molecule has 0 heterocycles. The second kappa shape index (κ2) is 12.9. The zero-order chi connectivity index (χ0) is 13.7. The number of hydrogen-bond donors (Lipinski definition) is 3. The van der Waals surface area contributed by atoms with E-state index in [1.54, 1.807) is 14.0 Å². The van der Waals surface area contributed by atoms with Crippen molar-refractivity contribution in [1.29, 1.82) is 0 Å². The quantitative estimate of drug-likeness (QED) is 0.443. The number of methoxy groups -OCH3 is 1. The maximum atomic E-state index is 10.0. The zero-order valence-corrected chi connectivity index (χ0v) is 10.5. The predicted octanol–water partition coefficient (Wildman–Crippen LogP) is 1.43. The van der Waals surface area contributed by atoms with E-state index in [-0.39, 0.29) is 19.1 Å². The molecular formula is C11H23NO5. The molecule has 0 amide bonds. The highest BCUT2D eigenvalue weighted by Crippen LogP contribution is 2.04. The Balaban J connectivity index is 0. The molecule has 17 heavy (non-hydrogen) atoms. The predicted molar refractivity (Wildman–Crippen MR) is 63.6 cm³/mol. The van der Waals surface area contributed by atoms with Crippen LogP contribution in [-0.2, 0) is 14.3 Å². The van der Waals surface area contributed by atoms with E-state index in [9.17, 15) is 9.59 Å². The van der Waals surface area contributed by atoms with Crippen LogP contribution in [0.3, 0.4) is 0 Å². The molecule has 0 aliphatic heterocycles. The summed E-state index contributed by atoms with van der Waals surface area (Å²) < 4.78 is 4.53. The van der Waals surface area contributed by atoms with Crippen molar-refractivity contribution < 1.29 is 24.5 Å². The second-order valence-corrected chi connectivity index (χ2v) is 3.64. The molecule has 0 aromatic carbocycles. The maximum absolute atomic E-state index is 10.0. The van der Waals surface area contributed by atoms with Gasteiger partial charge in [-0.3, -0.25) is 9.59 Å². The van der Waals surface area contributed by atoms with Crippen LogP contribution in [0, 0.1) is 0 Å². The Labute approximate surface area is 102 Å². The third-order valence-electron chi connectivity index (χ3n) is 1.90. The average molecular weight is 249 g/mol. The van der Waals surface area contributed by atoms with Crippen molar-refractivity contribution in [3.8, 4) is 0 Å². The Bertz CT molecular complexity index is 188. The van der Waals surface area contributed by atoms with Gasteiger partial charge in [-0.15, -0.1) is 0 Å². The van der Waals surface area contributed by atoms with E-state index in [2.05, 4.69) is 4.74 Å². The molecule has 0 fully saturated rings. The first-order chi connectivity index (χ1) is 7.90. The largest absolute Gasteiger partial charge is 0.481 e. The molecule has 6 heteroatoms. The monoisotopic (exact) mass is 249 g/mol. The van der Waals surface area contributed by atoms with Crippen molar-refractivity contribution in [2.24, 2.45) is 5.73 Å². The first-order valence-corrected chi connectivity index (χ1v) is 5.62. The number of carboxylic acids is 2. The summed E-state index contributed by atoms with van der Waals surface area (Å²) in [6, 6.07) is 0. The summed E-state index contributed by atoms with van der Waals surface area (Å²) in [5.74, 6) is -1.57. The summed E-state index contributed by atoms with van der Waals surface area (Å²) in [6.07, 6.45) is 3.17. The highest BCUT2D eigenvalue weighted by molar-refractivity contribution is 5.66. The molecule has 6 nitrogen and oxygen atoms in total. The Morgan fingerprint density at radius 1 is 1.06 bits per heavy atom. The van der Waals surface area contributed by atoms with Gasteiger partial charge in [0.2, 0.25) is 0 Å².